The summed E-state index contributed by atoms with van der Waals surface area (Å²) in [5.74, 6) is 3.18. The summed E-state index contributed by atoms with van der Waals surface area (Å²) in [5, 5.41) is 0. The van der Waals surface area contributed by atoms with E-state index in [4.69, 9.17) is 0 Å². The van der Waals surface area contributed by atoms with Crippen LogP contribution >= 0.6 is 0 Å². The van der Waals surface area contributed by atoms with Crippen molar-refractivity contribution in [1.82, 2.24) is 0 Å². The van der Waals surface area contributed by atoms with Crippen molar-refractivity contribution >= 4 is 0 Å². The summed E-state index contributed by atoms with van der Waals surface area (Å²) in [6, 6.07) is 0. The first kappa shape index (κ1) is 9.09. The van der Waals surface area contributed by atoms with Crippen LogP contribution in [0.1, 0.15) is 52.9 Å². The average molecular weight is 154 g/mol. The molecule has 0 N–H and O–H groups in total. The van der Waals surface area contributed by atoms with Crippen LogP contribution in [0.25, 0.3) is 0 Å². The van der Waals surface area contributed by atoms with E-state index in [0.29, 0.717) is 0 Å². The van der Waals surface area contributed by atoms with Gasteiger partial charge in [-0.15, -0.1) is 0 Å². The zero-order valence-corrected chi connectivity index (χ0v) is 8.27. The van der Waals surface area contributed by atoms with Crippen molar-refractivity contribution < 1.29 is 0 Å². The molecule has 0 amide bonds. The molecule has 1 aliphatic carbocycles. The van der Waals surface area contributed by atoms with Crippen LogP contribution in [0.15, 0.2) is 0 Å². The van der Waals surface area contributed by atoms with Gasteiger partial charge in [0.2, 0.25) is 0 Å². The van der Waals surface area contributed by atoms with Crippen LogP contribution in [0.5, 0.6) is 0 Å². The highest BCUT2D eigenvalue weighted by atomic mass is 14.4. The van der Waals surface area contributed by atoms with Gasteiger partial charge < -0.3 is 0 Å². The molecule has 0 heteroatoms. The fourth-order valence-electron chi connectivity index (χ4n) is 2.49. The van der Waals surface area contributed by atoms with Crippen molar-refractivity contribution in [2.75, 3.05) is 0 Å². The SMILES string of the molecule is CCCC(CC)C1CC(C)C1. The summed E-state index contributed by atoms with van der Waals surface area (Å²) in [6.07, 6.45) is 7.28. The average Bonchev–Trinajstić information content (AvgIpc) is 1.95. The topological polar surface area (TPSA) is 0 Å². The molecule has 1 unspecified atom stereocenters. The normalized spacial score (nSPS) is 33.0. The minimum Gasteiger partial charge on any atom is -0.0654 e. The van der Waals surface area contributed by atoms with Crippen LogP contribution in [0, 0.1) is 17.8 Å². The molecule has 0 aliphatic heterocycles. The van der Waals surface area contributed by atoms with Gasteiger partial charge in [-0.3, -0.25) is 0 Å². The Morgan fingerprint density at radius 2 is 1.91 bits per heavy atom. The fourth-order valence-corrected chi connectivity index (χ4v) is 2.49. The molecule has 1 fully saturated rings. The predicted molar refractivity (Wildman–Crippen MR) is 50.6 cm³/mol. The molecular formula is C11H22. The van der Waals surface area contributed by atoms with E-state index >= 15 is 0 Å². The van der Waals surface area contributed by atoms with E-state index in [9.17, 15) is 0 Å². The maximum atomic E-state index is 2.38. The Kier molecular flexibility index (Phi) is 3.42. The van der Waals surface area contributed by atoms with E-state index in [0.717, 1.165) is 17.8 Å². The van der Waals surface area contributed by atoms with E-state index in [-0.39, 0.29) is 0 Å². The van der Waals surface area contributed by atoms with E-state index in [1.54, 1.807) is 0 Å². The maximum absolute atomic E-state index is 2.38. The molecule has 0 radical (unpaired) electrons. The molecule has 0 aromatic rings. The first-order chi connectivity index (χ1) is 5.27. The number of hydrogen-bond acceptors (Lipinski definition) is 0. The largest absolute Gasteiger partial charge is 0.0654 e. The highest BCUT2D eigenvalue weighted by Crippen LogP contribution is 2.41. The van der Waals surface area contributed by atoms with Crippen molar-refractivity contribution in [2.24, 2.45) is 17.8 Å². The first-order valence-electron chi connectivity index (χ1n) is 5.27. The van der Waals surface area contributed by atoms with Crippen LogP contribution in [0.4, 0.5) is 0 Å². The molecule has 1 rings (SSSR count). The Bertz CT molecular complexity index is 101. The Hall–Kier alpha value is 0. The lowest BCUT2D eigenvalue weighted by Gasteiger charge is -2.38. The van der Waals surface area contributed by atoms with Gasteiger partial charge in [0.05, 0.1) is 0 Å². The van der Waals surface area contributed by atoms with Crippen molar-refractivity contribution in [3.05, 3.63) is 0 Å². The zero-order chi connectivity index (χ0) is 8.27. The molecule has 0 aromatic carbocycles. The quantitative estimate of drug-likeness (QED) is 0.577. The lowest BCUT2D eigenvalue weighted by molar-refractivity contribution is 0.126. The maximum Gasteiger partial charge on any atom is -0.0381 e. The predicted octanol–water partition coefficient (Wildman–Crippen LogP) is 3.86. The lowest BCUT2D eigenvalue weighted by atomic mass is 9.67. The molecule has 0 aromatic heterocycles. The Labute approximate surface area is 71.4 Å². The second kappa shape index (κ2) is 4.13. The van der Waals surface area contributed by atoms with Crippen molar-refractivity contribution in [3.63, 3.8) is 0 Å². The van der Waals surface area contributed by atoms with E-state index in [1.807, 2.05) is 0 Å². The van der Waals surface area contributed by atoms with Gasteiger partial charge in [0, 0.05) is 0 Å². The molecule has 0 saturated heterocycles. The summed E-state index contributed by atoms with van der Waals surface area (Å²) in [4.78, 5) is 0. The molecule has 0 bridgehead atoms. The van der Waals surface area contributed by atoms with Gasteiger partial charge in [-0.1, -0.05) is 40.0 Å². The van der Waals surface area contributed by atoms with Crippen LogP contribution in [-0.2, 0) is 0 Å². The molecule has 0 nitrogen and oxygen atoms in total. The van der Waals surface area contributed by atoms with Gasteiger partial charge in [-0.25, -0.2) is 0 Å². The third-order valence-electron chi connectivity index (χ3n) is 3.26. The molecule has 1 atom stereocenters. The third kappa shape index (κ3) is 2.21. The van der Waals surface area contributed by atoms with Gasteiger partial charge >= 0.3 is 0 Å². The van der Waals surface area contributed by atoms with Crippen molar-refractivity contribution in [1.29, 1.82) is 0 Å². The summed E-state index contributed by atoms with van der Waals surface area (Å²) in [6.45, 7) is 7.04. The van der Waals surface area contributed by atoms with Gasteiger partial charge in [-0.2, -0.15) is 0 Å². The summed E-state index contributed by atoms with van der Waals surface area (Å²) in [5.41, 5.74) is 0. The van der Waals surface area contributed by atoms with Gasteiger partial charge in [0.25, 0.3) is 0 Å². The van der Waals surface area contributed by atoms with Crippen LogP contribution in [-0.4, -0.2) is 0 Å². The molecule has 1 aliphatic rings. The molecule has 1 saturated carbocycles. The molecule has 66 valence electrons. The van der Waals surface area contributed by atoms with Crippen molar-refractivity contribution in [2.45, 2.75) is 52.9 Å². The lowest BCUT2D eigenvalue weighted by Crippen LogP contribution is -2.28. The van der Waals surface area contributed by atoms with Crippen LogP contribution in [0.2, 0.25) is 0 Å². The van der Waals surface area contributed by atoms with Crippen LogP contribution in [0.3, 0.4) is 0 Å². The minimum atomic E-state index is 1.03. The summed E-state index contributed by atoms with van der Waals surface area (Å²) >= 11 is 0. The smallest absolute Gasteiger partial charge is 0.0381 e. The van der Waals surface area contributed by atoms with Gasteiger partial charge in [0.1, 0.15) is 0 Å². The minimum absolute atomic E-state index is 1.03. The Morgan fingerprint density at radius 3 is 2.27 bits per heavy atom. The number of rotatable bonds is 4. The first-order valence-corrected chi connectivity index (χ1v) is 5.27. The number of hydrogen-bond donors (Lipinski definition) is 0. The molecule has 0 spiro atoms. The standard InChI is InChI=1S/C11H22/c1-4-6-10(5-2)11-7-9(3)8-11/h9-11H,4-8H2,1-3H3. The molecular weight excluding hydrogens is 132 g/mol. The highest BCUT2D eigenvalue weighted by molar-refractivity contribution is 4.81. The van der Waals surface area contributed by atoms with E-state index in [2.05, 4.69) is 20.8 Å². The summed E-state index contributed by atoms with van der Waals surface area (Å²) in [7, 11) is 0. The second-order valence-corrected chi connectivity index (χ2v) is 4.29. The van der Waals surface area contributed by atoms with Gasteiger partial charge in [0.15, 0.2) is 0 Å². The van der Waals surface area contributed by atoms with E-state index in [1.165, 1.54) is 32.1 Å². The van der Waals surface area contributed by atoms with Crippen molar-refractivity contribution in [3.8, 4) is 0 Å². The molecule has 11 heavy (non-hydrogen) atoms. The van der Waals surface area contributed by atoms with Crippen LogP contribution < -0.4 is 0 Å². The Morgan fingerprint density at radius 1 is 1.27 bits per heavy atom. The van der Waals surface area contributed by atoms with E-state index < -0.39 is 0 Å². The zero-order valence-electron chi connectivity index (χ0n) is 8.27. The van der Waals surface area contributed by atoms with Gasteiger partial charge in [-0.05, 0) is 30.6 Å². The summed E-state index contributed by atoms with van der Waals surface area (Å²) < 4.78 is 0. The highest BCUT2D eigenvalue weighted by Gasteiger charge is 2.30. The fraction of sp³-hybridized carbons (Fsp3) is 1.00. The molecule has 0 heterocycles. The Balaban J connectivity index is 2.20. The monoisotopic (exact) mass is 154 g/mol. The third-order valence-corrected chi connectivity index (χ3v) is 3.26. The second-order valence-electron chi connectivity index (χ2n) is 4.29.